The smallest absolute Gasteiger partial charge is 0.333 e. The van der Waals surface area contributed by atoms with Crippen molar-refractivity contribution in [1.29, 1.82) is 0 Å². The van der Waals surface area contributed by atoms with Crippen LogP contribution in [0.25, 0.3) is 0 Å². The van der Waals surface area contributed by atoms with Crippen molar-refractivity contribution in [2.24, 2.45) is 39.9 Å². The summed E-state index contributed by atoms with van der Waals surface area (Å²) >= 11 is 0. The van der Waals surface area contributed by atoms with Crippen LogP contribution in [0, 0.1) is 39.9 Å². The van der Waals surface area contributed by atoms with Crippen LogP contribution in [0.1, 0.15) is 99.8 Å². The largest absolute Gasteiger partial charge is 0.466 e. The van der Waals surface area contributed by atoms with Gasteiger partial charge in [-0.25, -0.2) is 4.79 Å². The van der Waals surface area contributed by atoms with Crippen molar-refractivity contribution in [2.45, 2.75) is 118 Å². The van der Waals surface area contributed by atoms with E-state index in [1.165, 1.54) is 19.6 Å². The fraction of sp³-hybridized carbons (Fsp3) is 0.824. The molecule has 0 aromatic rings. The standard InChI is InChI=1S/C34H55NO6/c1-20(2)10-9-11-23(31(39)40-8)29-25-18-27(38)30-32(5)14-13-26(35-16-17-36)21(3)24(32)12-15-33(30,6)34(25,7)19-28(29)41-22(4)37/h10,21,24-28,30,35-36,38H,9,11-19H2,1-8H3/b29-23-/t21-,24-,25-,26-,27+,28-,30-,32-,33-,34-/m0/s1. The number of carbonyl (C=O) groups is 2. The average molecular weight is 574 g/mol. The van der Waals surface area contributed by atoms with Crippen molar-refractivity contribution in [3.8, 4) is 0 Å². The minimum Gasteiger partial charge on any atom is -0.466 e. The Morgan fingerprint density at radius 1 is 1.10 bits per heavy atom. The number of hydrogen-bond donors (Lipinski definition) is 3. The van der Waals surface area contributed by atoms with Crippen LogP contribution in [0.4, 0.5) is 0 Å². The zero-order valence-electron chi connectivity index (χ0n) is 26.7. The van der Waals surface area contributed by atoms with Crippen LogP contribution >= 0.6 is 0 Å². The maximum Gasteiger partial charge on any atom is 0.333 e. The molecule has 0 radical (unpaired) electrons. The number of hydrogen-bond acceptors (Lipinski definition) is 7. The Bertz CT molecular complexity index is 1060. The molecule has 0 aromatic heterocycles. The molecule has 0 amide bonds. The Labute approximate surface area is 247 Å². The third-order valence-corrected chi connectivity index (χ3v) is 12.3. The van der Waals surface area contributed by atoms with Gasteiger partial charge in [-0.2, -0.15) is 0 Å². The summed E-state index contributed by atoms with van der Waals surface area (Å²) in [5.41, 5.74) is 2.24. The van der Waals surface area contributed by atoms with Gasteiger partial charge in [-0.1, -0.05) is 39.3 Å². The molecule has 4 aliphatic carbocycles. The van der Waals surface area contributed by atoms with Gasteiger partial charge in [0, 0.05) is 25.1 Å². The summed E-state index contributed by atoms with van der Waals surface area (Å²) in [6.45, 7) is 15.8. The summed E-state index contributed by atoms with van der Waals surface area (Å²) in [5.74, 6) is 0.282. The van der Waals surface area contributed by atoms with Gasteiger partial charge in [0.05, 0.1) is 19.8 Å². The number of allylic oxidation sites excluding steroid dienone is 2. The lowest BCUT2D eigenvalue weighted by atomic mass is 9.36. The number of aliphatic hydroxyl groups excluding tert-OH is 2. The lowest BCUT2D eigenvalue weighted by Crippen LogP contribution is -2.66. The highest BCUT2D eigenvalue weighted by Crippen LogP contribution is 2.74. The quantitative estimate of drug-likeness (QED) is 0.204. The molecule has 4 rings (SSSR count). The normalized spacial score (nSPS) is 42.8. The molecule has 0 unspecified atom stereocenters. The number of carbonyl (C=O) groups excluding carboxylic acids is 2. The maximum absolute atomic E-state index is 13.3. The minimum atomic E-state index is -0.511. The van der Waals surface area contributed by atoms with Crippen molar-refractivity contribution in [3.05, 3.63) is 22.8 Å². The molecular weight excluding hydrogens is 518 g/mol. The van der Waals surface area contributed by atoms with E-state index in [0.29, 0.717) is 55.7 Å². The van der Waals surface area contributed by atoms with E-state index in [-0.39, 0.29) is 46.6 Å². The molecule has 41 heavy (non-hydrogen) atoms. The fourth-order valence-electron chi connectivity index (χ4n) is 10.5. The molecule has 0 saturated heterocycles. The molecule has 10 atom stereocenters. The van der Waals surface area contributed by atoms with Gasteiger partial charge in [-0.05, 0) is 111 Å². The van der Waals surface area contributed by atoms with Crippen LogP contribution in [0.5, 0.6) is 0 Å². The molecule has 0 heterocycles. The van der Waals surface area contributed by atoms with Crippen LogP contribution in [0.15, 0.2) is 22.8 Å². The first-order valence-electron chi connectivity index (χ1n) is 15.9. The molecule has 0 bridgehead atoms. The topological polar surface area (TPSA) is 105 Å². The van der Waals surface area contributed by atoms with Gasteiger partial charge < -0.3 is 25.0 Å². The zero-order valence-corrected chi connectivity index (χ0v) is 26.7. The summed E-state index contributed by atoms with van der Waals surface area (Å²) in [7, 11) is 1.42. The van der Waals surface area contributed by atoms with Gasteiger partial charge in [0.1, 0.15) is 6.10 Å². The summed E-state index contributed by atoms with van der Waals surface area (Å²) in [6, 6.07) is 0.381. The van der Waals surface area contributed by atoms with Gasteiger partial charge in [0.15, 0.2) is 0 Å². The average Bonchev–Trinajstić information content (AvgIpc) is 3.16. The second-order valence-electron chi connectivity index (χ2n) is 14.5. The van der Waals surface area contributed by atoms with Crippen LogP contribution < -0.4 is 5.32 Å². The highest BCUT2D eigenvalue weighted by atomic mass is 16.5. The lowest BCUT2D eigenvalue weighted by Gasteiger charge is -2.69. The van der Waals surface area contributed by atoms with E-state index < -0.39 is 12.2 Å². The first kappa shape index (κ1) is 32.2. The monoisotopic (exact) mass is 573 g/mol. The molecule has 7 heteroatoms. The molecule has 0 aromatic carbocycles. The molecule has 7 nitrogen and oxygen atoms in total. The highest BCUT2D eigenvalue weighted by Gasteiger charge is 2.70. The molecular formula is C34H55NO6. The van der Waals surface area contributed by atoms with Crippen LogP contribution in [0.2, 0.25) is 0 Å². The van der Waals surface area contributed by atoms with E-state index in [4.69, 9.17) is 9.47 Å². The van der Waals surface area contributed by atoms with Gasteiger partial charge >= 0.3 is 11.9 Å². The van der Waals surface area contributed by atoms with Gasteiger partial charge in [0.25, 0.3) is 0 Å². The predicted molar refractivity (Wildman–Crippen MR) is 160 cm³/mol. The Hall–Kier alpha value is -1.70. The summed E-state index contributed by atoms with van der Waals surface area (Å²) < 4.78 is 11.3. The van der Waals surface area contributed by atoms with E-state index in [1.54, 1.807) is 0 Å². The van der Waals surface area contributed by atoms with E-state index >= 15 is 0 Å². The zero-order chi connectivity index (χ0) is 30.3. The summed E-state index contributed by atoms with van der Waals surface area (Å²) in [5, 5.41) is 25.1. The van der Waals surface area contributed by atoms with E-state index in [2.05, 4.69) is 39.1 Å². The fourth-order valence-corrected chi connectivity index (χ4v) is 10.5. The second-order valence-corrected chi connectivity index (χ2v) is 14.5. The van der Waals surface area contributed by atoms with Crippen molar-refractivity contribution < 1.29 is 29.3 Å². The molecule has 4 saturated carbocycles. The van der Waals surface area contributed by atoms with Gasteiger partial charge in [-0.15, -0.1) is 0 Å². The summed E-state index contributed by atoms with van der Waals surface area (Å²) in [6.07, 6.45) is 7.72. The Balaban J connectivity index is 1.78. The highest BCUT2D eigenvalue weighted by molar-refractivity contribution is 5.90. The minimum absolute atomic E-state index is 0.0186. The third-order valence-electron chi connectivity index (χ3n) is 12.3. The first-order chi connectivity index (χ1) is 19.2. The number of fused-ring (bicyclic) bond motifs is 5. The number of esters is 2. The van der Waals surface area contributed by atoms with Crippen molar-refractivity contribution in [1.82, 2.24) is 5.32 Å². The third kappa shape index (κ3) is 5.44. The van der Waals surface area contributed by atoms with Crippen LogP contribution in [0.3, 0.4) is 0 Å². The van der Waals surface area contributed by atoms with Gasteiger partial charge in [-0.3, -0.25) is 4.79 Å². The Kier molecular flexibility index (Phi) is 9.53. The van der Waals surface area contributed by atoms with Gasteiger partial charge in [0.2, 0.25) is 0 Å². The maximum atomic E-state index is 13.3. The van der Waals surface area contributed by atoms with Crippen molar-refractivity contribution in [3.63, 3.8) is 0 Å². The summed E-state index contributed by atoms with van der Waals surface area (Å²) in [4.78, 5) is 25.7. The van der Waals surface area contributed by atoms with Crippen LogP contribution in [-0.4, -0.2) is 60.7 Å². The SMILES string of the molecule is COC(=O)/C(CCC=C(C)C)=C1\[C@@H](OC(C)=O)C[C@@]2(C)[C@H]1C[C@@H](O)[C@H]1[C@@]3(C)CC[C@H](NCCO)[C@@H](C)[C@@H]3CC[C@@]12C. The van der Waals surface area contributed by atoms with Crippen molar-refractivity contribution >= 4 is 11.9 Å². The number of ether oxygens (including phenoxy) is 2. The number of nitrogens with one attached hydrogen (secondary N) is 1. The number of rotatable bonds is 8. The van der Waals surface area contributed by atoms with E-state index in [0.717, 1.165) is 31.3 Å². The number of methoxy groups -OCH3 is 1. The molecule has 0 aliphatic heterocycles. The molecule has 232 valence electrons. The van der Waals surface area contributed by atoms with E-state index in [1.807, 2.05) is 13.8 Å². The lowest BCUT2D eigenvalue weighted by molar-refractivity contribution is -0.227. The van der Waals surface area contributed by atoms with Crippen molar-refractivity contribution in [2.75, 3.05) is 20.3 Å². The number of aliphatic hydroxyl groups is 2. The predicted octanol–water partition coefficient (Wildman–Crippen LogP) is 5.34. The van der Waals surface area contributed by atoms with Crippen LogP contribution in [-0.2, 0) is 19.1 Å². The second kappa shape index (κ2) is 12.1. The molecule has 3 N–H and O–H groups in total. The molecule has 4 aliphatic rings. The Morgan fingerprint density at radius 2 is 1.80 bits per heavy atom. The Morgan fingerprint density at radius 3 is 2.41 bits per heavy atom. The van der Waals surface area contributed by atoms with E-state index in [9.17, 15) is 19.8 Å². The first-order valence-corrected chi connectivity index (χ1v) is 15.9. The molecule has 0 spiro atoms. The molecule has 4 fully saturated rings.